The van der Waals surface area contributed by atoms with E-state index in [-0.39, 0.29) is 39.1 Å². The van der Waals surface area contributed by atoms with Crippen LogP contribution in [0.3, 0.4) is 0 Å². The van der Waals surface area contributed by atoms with Crippen LogP contribution in [0.15, 0.2) is 41.6 Å². The quantitative estimate of drug-likeness (QED) is 0.419. The third kappa shape index (κ3) is 3.86. The van der Waals surface area contributed by atoms with Gasteiger partial charge in [-0.25, -0.2) is 4.98 Å². The van der Waals surface area contributed by atoms with E-state index in [0.29, 0.717) is 41.1 Å². The molecule has 168 valence electrons. The van der Waals surface area contributed by atoms with Gasteiger partial charge in [0.05, 0.1) is 11.7 Å². The first-order chi connectivity index (χ1) is 15.0. The Morgan fingerprint density at radius 3 is 2.59 bits per heavy atom. The highest BCUT2D eigenvalue weighted by atomic mass is 35.5. The van der Waals surface area contributed by atoms with Gasteiger partial charge < -0.3 is 10.4 Å². The number of phenolic OH excluding ortho intramolecular Hbond substituents is 1. The number of nitrogens with one attached hydrogen (secondary N) is 1. The topological polar surface area (TPSA) is 82.5 Å². The van der Waals surface area contributed by atoms with E-state index in [1.54, 1.807) is 49.1 Å². The zero-order valence-corrected chi connectivity index (χ0v) is 19.9. The number of phenols is 1. The van der Waals surface area contributed by atoms with Gasteiger partial charge in [0.1, 0.15) is 21.7 Å². The number of hydrogen-bond donors (Lipinski definition) is 2. The lowest BCUT2D eigenvalue weighted by Crippen LogP contribution is -2.41. The van der Waals surface area contributed by atoms with Gasteiger partial charge >= 0.3 is 0 Å². The molecule has 0 bridgehead atoms. The second kappa shape index (κ2) is 8.09. The lowest BCUT2D eigenvalue weighted by Gasteiger charge is -2.37. The second-order valence-electron chi connectivity index (χ2n) is 9.41. The number of aromatic nitrogens is 1. The van der Waals surface area contributed by atoms with Gasteiger partial charge in [0, 0.05) is 29.2 Å². The first-order valence-corrected chi connectivity index (χ1v) is 11.3. The number of fused-ring (bicyclic) bond motifs is 1. The molecule has 2 N–H and O–H groups in total. The number of pyridine rings is 1. The summed E-state index contributed by atoms with van der Waals surface area (Å²) < 4.78 is 0. The molecule has 6 nitrogen and oxygen atoms in total. The fourth-order valence-corrected chi connectivity index (χ4v) is 4.93. The Balaban J connectivity index is 2.08. The lowest BCUT2D eigenvalue weighted by atomic mass is 9.73. The molecule has 0 saturated carbocycles. The van der Waals surface area contributed by atoms with Crippen molar-refractivity contribution in [2.45, 2.75) is 46.6 Å². The van der Waals surface area contributed by atoms with Crippen molar-refractivity contribution in [3.8, 4) is 5.75 Å². The molecular weight excluding hydrogens is 449 g/mol. The molecule has 1 amide bonds. The average molecular weight is 474 g/mol. The van der Waals surface area contributed by atoms with Gasteiger partial charge in [0.25, 0.3) is 0 Å². The van der Waals surface area contributed by atoms with Crippen LogP contribution < -0.4 is 10.2 Å². The van der Waals surface area contributed by atoms with Gasteiger partial charge in [-0.05, 0) is 30.0 Å². The first kappa shape index (κ1) is 22.6. The highest BCUT2D eigenvalue weighted by Gasteiger charge is 2.44. The molecule has 1 aliphatic carbocycles. The number of amides is 1. The molecule has 2 aromatic rings. The molecule has 1 unspecified atom stereocenters. The number of para-hydroxylation sites is 1. The molecule has 0 radical (unpaired) electrons. The van der Waals surface area contributed by atoms with E-state index in [9.17, 15) is 14.7 Å². The number of rotatable bonds is 2. The Kier molecular flexibility index (Phi) is 5.72. The SMILES string of the molecule is CC(C)C(=O)N1c2cccc(O)c2NC2=C(C(=O)CC(C)(C)C2)C1c1ccc(Cl)nc1Cl. The molecule has 1 aromatic heterocycles. The molecule has 4 rings (SSSR count). The van der Waals surface area contributed by atoms with Crippen LogP contribution in [-0.2, 0) is 9.59 Å². The Bertz CT molecular complexity index is 1160. The Hall–Kier alpha value is -2.57. The normalized spacial score (nSPS) is 19.9. The number of carbonyl (C=O) groups is 2. The third-order valence-corrected chi connectivity index (χ3v) is 6.39. The standard InChI is InChI=1S/C24H25Cl2N3O3/c1-12(2)23(32)29-15-6-5-7-16(30)20(15)27-14-10-24(3,4)11-17(31)19(14)21(29)13-8-9-18(25)28-22(13)26/h5-9,12,21,27,30H,10-11H2,1-4H3. The Labute approximate surface area is 197 Å². The molecule has 0 fully saturated rings. The summed E-state index contributed by atoms with van der Waals surface area (Å²) in [5, 5.41) is 14.3. The largest absolute Gasteiger partial charge is 0.506 e. The highest BCUT2D eigenvalue weighted by molar-refractivity contribution is 6.33. The van der Waals surface area contributed by atoms with Crippen molar-refractivity contribution in [2.24, 2.45) is 11.3 Å². The van der Waals surface area contributed by atoms with Crippen LogP contribution in [0.5, 0.6) is 5.75 Å². The summed E-state index contributed by atoms with van der Waals surface area (Å²) in [5.74, 6) is -0.661. The molecule has 2 aliphatic rings. The zero-order chi connectivity index (χ0) is 23.4. The minimum atomic E-state index is -0.809. The lowest BCUT2D eigenvalue weighted by molar-refractivity contribution is -0.122. The van der Waals surface area contributed by atoms with Crippen molar-refractivity contribution in [1.29, 1.82) is 0 Å². The van der Waals surface area contributed by atoms with Crippen LogP contribution >= 0.6 is 23.2 Å². The maximum Gasteiger partial charge on any atom is 0.230 e. The summed E-state index contributed by atoms with van der Waals surface area (Å²) >= 11 is 12.6. The van der Waals surface area contributed by atoms with Gasteiger partial charge in [0.2, 0.25) is 5.91 Å². The maximum atomic E-state index is 13.6. The predicted molar refractivity (Wildman–Crippen MR) is 126 cm³/mol. The average Bonchev–Trinajstić information content (AvgIpc) is 2.82. The van der Waals surface area contributed by atoms with E-state index in [1.807, 2.05) is 13.8 Å². The fraction of sp³-hybridized carbons (Fsp3) is 0.375. The summed E-state index contributed by atoms with van der Waals surface area (Å²) in [6.45, 7) is 7.64. The van der Waals surface area contributed by atoms with Gasteiger partial charge in [-0.3, -0.25) is 14.5 Å². The summed E-state index contributed by atoms with van der Waals surface area (Å²) in [6, 6.07) is 7.47. The van der Waals surface area contributed by atoms with Crippen molar-refractivity contribution in [3.05, 3.63) is 57.5 Å². The van der Waals surface area contributed by atoms with Crippen molar-refractivity contribution >= 4 is 46.3 Å². The minimum Gasteiger partial charge on any atom is -0.506 e. The zero-order valence-electron chi connectivity index (χ0n) is 18.4. The number of allylic oxidation sites excluding steroid dienone is 1. The fourth-order valence-electron chi connectivity index (χ4n) is 4.49. The van der Waals surface area contributed by atoms with Crippen LogP contribution in [0, 0.1) is 11.3 Å². The Morgan fingerprint density at radius 2 is 1.94 bits per heavy atom. The molecule has 0 spiro atoms. The molecule has 2 heterocycles. The number of halogens is 2. The number of carbonyl (C=O) groups excluding carboxylic acids is 2. The van der Waals surface area contributed by atoms with Crippen LogP contribution in [0.25, 0.3) is 0 Å². The molecule has 8 heteroatoms. The summed E-state index contributed by atoms with van der Waals surface area (Å²) in [6.07, 6.45) is 0.898. The molecule has 1 aliphatic heterocycles. The first-order valence-electron chi connectivity index (χ1n) is 10.5. The van der Waals surface area contributed by atoms with Crippen LogP contribution in [0.4, 0.5) is 11.4 Å². The van der Waals surface area contributed by atoms with E-state index in [4.69, 9.17) is 23.2 Å². The molecule has 0 saturated heterocycles. The van der Waals surface area contributed by atoms with Crippen molar-refractivity contribution in [2.75, 3.05) is 10.2 Å². The van der Waals surface area contributed by atoms with Crippen LogP contribution in [0.2, 0.25) is 10.3 Å². The summed E-state index contributed by atoms with van der Waals surface area (Å²) in [7, 11) is 0. The number of benzene rings is 1. The minimum absolute atomic E-state index is 0.00675. The number of anilines is 2. The molecule has 1 aromatic carbocycles. The van der Waals surface area contributed by atoms with E-state index in [1.165, 1.54) is 0 Å². The number of nitrogens with zero attached hydrogens (tertiary/aromatic N) is 2. The monoisotopic (exact) mass is 473 g/mol. The predicted octanol–water partition coefficient (Wildman–Crippen LogP) is 5.89. The Morgan fingerprint density at radius 1 is 1.22 bits per heavy atom. The van der Waals surface area contributed by atoms with Crippen molar-refractivity contribution in [3.63, 3.8) is 0 Å². The van der Waals surface area contributed by atoms with Crippen LogP contribution in [0.1, 0.15) is 52.1 Å². The van der Waals surface area contributed by atoms with E-state index in [0.717, 1.165) is 0 Å². The van der Waals surface area contributed by atoms with Gasteiger partial charge in [-0.15, -0.1) is 0 Å². The number of hydrogen-bond acceptors (Lipinski definition) is 5. The van der Waals surface area contributed by atoms with Gasteiger partial charge in [0.15, 0.2) is 5.78 Å². The molecule has 32 heavy (non-hydrogen) atoms. The highest BCUT2D eigenvalue weighted by Crippen LogP contribution is 2.51. The third-order valence-electron chi connectivity index (χ3n) is 5.88. The number of Topliss-reactive ketones (excluding diaryl/α,β-unsaturated/α-hetero) is 1. The van der Waals surface area contributed by atoms with Gasteiger partial charge in [-0.2, -0.15) is 0 Å². The molecular formula is C24H25Cl2N3O3. The summed E-state index contributed by atoms with van der Waals surface area (Å²) in [5.41, 5.74) is 2.21. The maximum absolute atomic E-state index is 13.6. The van der Waals surface area contributed by atoms with E-state index in [2.05, 4.69) is 10.3 Å². The van der Waals surface area contributed by atoms with E-state index < -0.39 is 6.04 Å². The van der Waals surface area contributed by atoms with Crippen molar-refractivity contribution in [1.82, 2.24) is 4.98 Å². The second-order valence-corrected chi connectivity index (χ2v) is 10.2. The number of ketones is 1. The van der Waals surface area contributed by atoms with Crippen molar-refractivity contribution < 1.29 is 14.7 Å². The van der Waals surface area contributed by atoms with E-state index >= 15 is 0 Å². The van der Waals surface area contributed by atoms with Crippen LogP contribution in [-0.4, -0.2) is 21.8 Å². The summed E-state index contributed by atoms with van der Waals surface area (Å²) in [4.78, 5) is 32.9. The number of aromatic hydroxyl groups is 1. The molecule has 1 atom stereocenters. The smallest absolute Gasteiger partial charge is 0.230 e. The van der Waals surface area contributed by atoms with Gasteiger partial charge in [-0.1, -0.05) is 63.0 Å².